The molecular weight excluding hydrogens is 418 g/mol. The predicted molar refractivity (Wildman–Crippen MR) is 107 cm³/mol. The molecule has 0 radical (unpaired) electrons. The first kappa shape index (κ1) is 22.1. The predicted octanol–water partition coefficient (Wildman–Crippen LogP) is 2.50. The molecule has 2 aromatic heterocycles. The summed E-state index contributed by atoms with van der Waals surface area (Å²) in [5.41, 5.74) is 0. The Kier molecular flexibility index (Phi) is 6.87. The van der Waals surface area contributed by atoms with Crippen molar-refractivity contribution >= 4 is 21.4 Å². The number of halogens is 1. The molecule has 1 aliphatic rings. The molecule has 0 unspecified atom stereocenters. The first-order valence-electron chi connectivity index (χ1n) is 9.47. The lowest BCUT2D eigenvalue weighted by molar-refractivity contribution is 0.0948. The first-order valence-corrected chi connectivity index (χ1v) is 11.6. The van der Waals surface area contributed by atoms with E-state index in [4.69, 9.17) is 21.1 Å². The van der Waals surface area contributed by atoms with Crippen molar-refractivity contribution < 1.29 is 17.9 Å². The van der Waals surface area contributed by atoms with E-state index >= 15 is 0 Å². The molecule has 2 aromatic rings. The van der Waals surface area contributed by atoms with Crippen molar-refractivity contribution in [1.82, 2.24) is 24.7 Å². The Balaban J connectivity index is 1.87. The SMILES string of the molecule is CO[C@H](c1ncc(Cl)cn1)[C@H](C)S(=O)(=O)Cc1nnc([C@@H]2CCOC2)n1C(C)C. The highest BCUT2D eigenvalue weighted by molar-refractivity contribution is 7.91. The van der Waals surface area contributed by atoms with Crippen LogP contribution in [0.5, 0.6) is 0 Å². The quantitative estimate of drug-likeness (QED) is 0.612. The van der Waals surface area contributed by atoms with Crippen LogP contribution in [0.15, 0.2) is 12.4 Å². The van der Waals surface area contributed by atoms with Crippen molar-refractivity contribution in [1.29, 1.82) is 0 Å². The summed E-state index contributed by atoms with van der Waals surface area (Å²) < 4.78 is 39.1. The topological polar surface area (TPSA) is 109 Å². The van der Waals surface area contributed by atoms with Crippen LogP contribution in [0.25, 0.3) is 0 Å². The van der Waals surface area contributed by atoms with Crippen LogP contribution in [0.4, 0.5) is 0 Å². The monoisotopic (exact) mass is 443 g/mol. The number of rotatable bonds is 8. The summed E-state index contributed by atoms with van der Waals surface area (Å²) in [6, 6.07) is 0.0268. The number of methoxy groups -OCH3 is 1. The standard InChI is InChI=1S/C18H26ClN5O4S/c1-11(2)24-15(22-23-18(24)13-5-6-28-9-13)10-29(25,26)12(3)16(27-4)17-20-7-14(19)8-21-17/h7-8,11-13,16H,5-6,9-10H2,1-4H3/t12-,13+,16-/m0/s1. The zero-order valence-corrected chi connectivity index (χ0v) is 18.5. The van der Waals surface area contributed by atoms with E-state index in [-0.39, 0.29) is 23.5 Å². The van der Waals surface area contributed by atoms with Crippen molar-refractivity contribution in [2.45, 2.75) is 56.3 Å². The molecule has 160 valence electrons. The molecule has 0 saturated carbocycles. The Labute approximate surface area is 175 Å². The fraction of sp³-hybridized carbons (Fsp3) is 0.667. The summed E-state index contributed by atoms with van der Waals surface area (Å²) in [6.45, 7) is 6.82. The first-order chi connectivity index (χ1) is 13.7. The second-order valence-electron chi connectivity index (χ2n) is 7.43. The van der Waals surface area contributed by atoms with Gasteiger partial charge in [0.15, 0.2) is 15.7 Å². The average Bonchev–Trinajstić information content (AvgIpc) is 3.33. The number of aromatic nitrogens is 5. The Hall–Kier alpha value is -1.62. The van der Waals surface area contributed by atoms with Crippen LogP contribution in [-0.2, 0) is 25.1 Å². The van der Waals surface area contributed by atoms with Crippen molar-refractivity contribution in [3.8, 4) is 0 Å². The van der Waals surface area contributed by atoms with Crippen LogP contribution in [0.2, 0.25) is 5.02 Å². The van der Waals surface area contributed by atoms with Gasteiger partial charge in [0.2, 0.25) is 0 Å². The van der Waals surface area contributed by atoms with Gasteiger partial charge in [-0.2, -0.15) is 0 Å². The van der Waals surface area contributed by atoms with Gasteiger partial charge in [-0.1, -0.05) is 11.6 Å². The maximum atomic E-state index is 13.2. The fourth-order valence-electron chi connectivity index (χ4n) is 3.49. The van der Waals surface area contributed by atoms with Crippen molar-refractivity contribution in [2.75, 3.05) is 20.3 Å². The Morgan fingerprint density at radius 3 is 2.52 bits per heavy atom. The van der Waals surface area contributed by atoms with Crippen LogP contribution < -0.4 is 0 Å². The van der Waals surface area contributed by atoms with Crippen molar-refractivity contribution in [3.05, 3.63) is 34.9 Å². The maximum absolute atomic E-state index is 13.2. The number of sulfone groups is 1. The van der Waals surface area contributed by atoms with Crippen LogP contribution in [0.3, 0.4) is 0 Å². The van der Waals surface area contributed by atoms with Crippen LogP contribution in [-0.4, -0.2) is 58.7 Å². The molecule has 0 aromatic carbocycles. The highest BCUT2D eigenvalue weighted by atomic mass is 35.5. The second kappa shape index (κ2) is 9.03. The summed E-state index contributed by atoms with van der Waals surface area (Å²) in [5.74, 6) is 1.34. The minimum Gasteiger partial charge on any atom is -0.381 e. The summed E-state index contributed by atoms with van der Waals surface area (Å²) >= 11 is 5.83. The minimum atomic E-state index is -3.64. The van der Waals surface area contributed by atoms with E-state index in [0.717, 1.165) is 12.2 Å². The van der Waals surface area contributed by atoms with Gasteiger partial charge in [-0.15, -0.1) is 10.2 Å². The Morgan fingerprint density at radius 1 is 1.28 bits per heavy atom. The molecule has 0 spiro atoms. The molecule has 0 bridgehead atoms. The summed E-state index contributed by atoms with van der Waals surface area (Å²) in [7, 11) is -2.21. The van der Waals surface area contributed by atoms with Gasteiger partial charge in [0.05, 0.1) is 16.9 Å². The zero-order valence-electron chi connectivity index (χ0n) is 16.9. The van der Waals surface area contributed by atoms with E-state index in [9.17, 15) is 8.42 Å². The number of hydrogen-bond acceptors (Lipinski definition) is 8. The highest BCUT2D eigenvalue weighted by Gasteiger charge is 2.35. The molecular formula is C18H26ClN5O4S. The van der Waals surface area contributed by atoms with Crippen LogP contribution in [0.1, 0.15) is 62.7 Å². The lowest BCUT2D eigenvalue weighted by atomic mass is 10.1. The highest BCUT2D eigenvalue weighted by Crippen LogP contribution is 2.29. The van der Waals surface area contributed by atoms with Gasteiger partial charge in [0.1, 0.15) is 23.5 Å². The van der Waals surface area contributed by atoms with Gasteiger partial charge in [-0.05, 0) is 27.2 Å². The molecule has 3 heterocycles. The van der Waals surface area contributed by atoms with E-state index in [1.807, 2.05) is 18.4 Å². The molecule has 0 N–H and O–H groups in total. The van der Waals surface area contributed by atoms with Crippen molar-refractivity contribution in [2.24, 2.45) is 0 Å². The third-order valence-electron chi connectivity index (χ3n) is 5.08. The third-order valence-corrected chi connectivity index (χ3v) is 7.31. The normalized spacial score (nSPS) is 19.6. The maximum Gasteiger partial charge on any atom is 0.163 e. The van der Waals surface area contributed by atoms with E-state index in [1.165, 1.54) is 19.5 Å². The average molecular weight is 444 g/mol. The molecule has 29 heavy (non-hydrogen) atoms. The minimum absolute atomic E-state index is 0.0268. The summed E-state index contributed by atoms with van der Waals surface area (Å²) in [5, 5.41) is 7.98. The molecule has 1 aliphatic heterocycles. The number of nitrogens with zero attached hydrogens (tertiary/aromatic N) is 5. The largest absolute Gasteiger partial charge is 0.381 e. The molecule has 9 nitrogen and oxygen atoms in total. The van der Waals surface area contributed by atoms with Crippen LogP contribution >= 0.6 is 11.6 Å². The molecule has 3 atom stereocenters. The molecule has 11 heteroatoms. The van der Waals surface area contributed by atoms with E-state index < -0.39 is 21.2 Å². The van der Waals surface area contributed by atoms with Crippen molar-refractivity contribution in [3.63, 3.8) is 0 Å². The summed E-state index contributed by atoms with van der Waals surface area (Å²) in [6.07, 6.45) is 2.87. The fourth-order valence-corrected chi connectivity index (χ4v) is 5.02. The van der Waals surface area contributed by atoms with Gasteiger partial charge in [0.25, 0.3) is 0 Å². The van der Waals surface area contributed by atoms with Gasteiger partial charge in [-0.25, -0.2) is 18.4 Å². The van der Waals surface area contributed by atoms with Crippen LogP contribution in [0, 0.1) is 0 Å². The Morgan fingerprint density at radius 2 is 1.97 bits per heavy atom. The third kappa shape index (κ3) is 4.76. The smallest absolute Gasteiger partial charge is 0.163 e. The van der Waals surface area contributed by atoms with E-state index in [2.05, 4.69) is 20.2 Å². The molecule has 0 amide bonds. The molecule has 1 saturated heterocycles. The van der Waals surface area contributed by atoms with Gasteiger partial charge >= 0.3 is 0 Å². The molecule has 3 rings (SSSR count). The molecule has 1 fully saturated rings. The lowest BCUT2D eigenvalue weighted by Crippen LogP contribution is -2.30. The number of hydrogen-bond donors (Lipinski definition) is 0. The zero-order chi connectivity index (χ0) is 21.2. The van der Waals surface area contributed by atoms with Gasteiger partial charge < -0.3 is 14.0 Å². The van der Waals surface area contributed by atoms with Gasteiger partial charge in [0, 0.05) is 38.1 Å². The number of ether oxygens (including phenoxy) is 2. The Bertz CT molecular complexity index is 926. The lowest BCUT2D eigenvalue weighted by Gasteiger charge is -2.22. The molecule has 0 aliphatic carbocycles. The van der Waals surface area contributed by atoms with E-state index in [0.29, 0.717) is 24.1 Å². The second-order valence-corrected chi connectivity index (χ2v) is 10.2. The summed E-state index contributed by atoms with van der Waals surface area (Å²) in [4.78, 5) is 8.23. The van der Waals surface area contributed by atoms with Gasteiger partial charge in [-0.3, -0.25) is 0 Å². The van der Waals surface area contributed by atoms with E-state index in [1.54, 1.807) is 6.92 Å².